The van der Waals surface area contributed by atoms with Crippen LogP contribution in [0.2, 0.25) is 0 Å². The Balaban J connectivity index is 1.43. The normalized spacial score (nSPS) is 14.4. The lowest BCUT2D eigenvalue weighted by atomic mass is 9.99. The fourth-order valence-electron chi connectivity index (χ4n) is 4.80. The molecule has 6 heteroatoms. The van der Waals surface area contributed by atoms with E-state index in [1.165, 1.54) is 37.1 Å². The maximum absolute atomic E-state index is 12.4. The van der Waals surface area contributed by atoms with E-state index < -0.39 is 0 Å². The highest BCUT2D eigenvalue weighted by Gasteiger charge is 2.18. The molecule has 0 saturated carbocycles. The molecule has 0 spiro atoms. The minimum Gasteiger partial charge on any atom is -0.356 e. The van der Waals surface area contributed by atoms with Crippen molar-refractivity contribution in [1.29, 1.82) is 0 Å². The maximum Gasteiger partial charge on any atom is 0.220 e. The van der Waals surface area contributed by atoms with E-state index in [9.17, 15) is 4.79 Å². The van der Waals surface area contributed by atoms with Gasteiger partial charge in [-0.2, -0.15) is 5.10 Å². The highest BCUT2D eigenvalue weighted by Crippen LogP contribution is 2.28. The van der Waals surface area contributed by atoms with E-state index in [1.54, 1.807) is 0 Å². The van der Waals surface area contributed by atoms with Crippen molar-refractivity contribution in [3.8, 4) is 5.69 Å². The van der Waals surface area contributed by atoms with E-state index in [1.807, 2.05) is 18.5 Å². The van der Waals surface area contributed by atoms with Crippen LogP contribution in [-0.2, 0) is 11.2 Å². The van der Waals surface area contributed by atoms with Crippen LogP contribution in [0.15, 0.2) is 24.3 Å². The van der Waals surface area contributed by atoms with E-state index in [-0.39, 0.29) is 5.91 Å². The van der Waals surface area contributed by atoms with E-state index in [0.717, 1.165) is 53.2 Å². The number of hydrogen-bond donors (Lipinski definition) is 1. The zero-order valence-electron chi connectivity index (χ0n) is 19.9. The molecule has 0 radical (unpaired) electrons. The second-order valence-corrected chi connectivity index (χ2v) is 9.08. The van der Waals surface area contributed by atoms with Gasteiger partial charge in [-0.25, -0.2) is 9.67 Å². The number of carbonyl (C=O) groups is 1. The molecular weight excluding hydrogens is 398 g/mol. The lowest BCUT2D eigenvalue weighted by Gasteiger charge is -2.14. The van der Waals surface area contributed by atoms with Crippen LogP contribution in [0.25, 0.3) is 16.7 Å². The molecule has 1 N–H and O–H groups in total. The number of aryl methyl sites for hydroxylation is 4. The molecule has 3 aromatic rings. The summed E-state index contributed by atoms with van der Waals surface area (Å²) in [6, 6.07) is 8.34. The predicted octanol–water partition coefficient (Wildman–Crippen LogP) is 4.19. The van der Waals surface area contributed by atoms with Crippen molar-refractivity contribution < 1.29 is 4.79 Å². The molecule has 170 valence electrons. The van der Waals surface area contributed by atoms with E-state index >= 15 is 0 Å². The van der Waals surface area contributed by atoms with Gasteiger partial charge in [-0.1, -0.05) is 17.7 Å². The van der Waals surface area contributed by atoms with Crippen LogP contribution in [0, 0.1) is 27.7 Å². The molecule has 0 aliphatic carbocycles. The summed E-state index contributed by atoms with van der Waals surface area (Å²) < 4.78 is 1.93. The first-order valence-corrected chi connectivity index (χ1v) is 11.9. The lowest BCUT2D eigenvalue weighted by Crippen LogP contribution is -2.28. The fraction of sp³-hybridized carbons (Fsp3) is 0.500. The Morgan fingerprint density at radius 3 is 2.47 bits per heavy atom. The van der Waals surface area contributed by atoms with Crippen LogP contribution in [0.4, 0.5) is 0 Å². The quantitative estimate of drug-likeness (QED) is 0.541. The predicted molar refractivity (Wildman–Crippen MR) is 129 cm³/mol. The van der Waals surface area contributed by atoms with Gasteiger partial charge in [0.25, 0.3) is 0 Å². The van der Waals surface area contributed by atoms with Crippen LogP contribution >= 0.6 is 0 Å². The first kappa shape index (κ1) is 22.5. The summed E-state index contributed by atoms with van der Waals surface area (Å²) >= 11 is 0. The molecule has 1 aliphatic rings. The molecule has 2 aromatic heterocycles. The van der Waals surface area contributed by atoms with Crippen LogP contribution < -0.4 is 5.32 Å². The summed E-state index contributed by atoms with van der Waals surface area (Å²) in [5.74, 6) is 0.123. The zero-order valence-corrected chi connectivity index (χ0v) is 19.9. The van der Waals surface area contributed by atoms with Crippen molar-refractivity contribution in [1.82, 2.24) is 25.0 Å². The topological polar surface area (TPSA) is 63.1 Å². The second kappa shape index (κ2) is 9.82. The van der Waals surface area contributed by atoms with Crippen molar-refractivity contribution in [2.24, 2.45) is 0 Å². The SMILES string of the molecule is Cc1ccc(-n2nc(C)c3c(C)c(CCC(=O)NCCCN4CCCC4)c(C)nc32)cc1. The number of hydrogen-bond acceptors (Lipinski definition) is 4. The Labute approximate surface area is 191 Å². The molecule has 0 bridgehead atoms. The Bertz CT molecular complexity index is 1090. The summed E-state index contributed by atoms with van der Waals surface area (Å²) in [6.45, 7) is 12.6. The molecule has 0 atom stereocenters. The van der Waals surface area contributed by atoms with Gasteiger partial charge in [-0.15, -0.1) is 0 Å². The third kappa shape index (κ3) is 4.85. The van der Waals surface area contributed by atoms with Gasteiger partial charge in [0.15, 0.2) is 5.65 Å². The van der Waals surface area contributed by atoms with Crippen LogP contribution in [0.1, 0.15) is 53.8 Å². The van der Waals surface area contributed by atoms with Gasteiger partial charge < -0.3 is 10.2 Å². The van der Waals surface area contributed by atoms with E-state index in [0.29, 0.717) is 12.8 Å². The van der Waals surface area contributed by atoms with Gasteiger partial charge in [0.2, 0.25) is 5.91 Å². The summed E-state index contributed by atoms with van der Waals surface area (Å²) in [5, 5.41) is 8.97. The highest BCUT2D eigenvalue weighted by molar-refractivity contribution is 5.85. The van der Waals surface area contributed by atoms with Crippen molar-refractivity contribution in [3.63, 3.8) is 0 Å². The minimum atomic E-state index is 0.123. The van der Waals surface area contributed by atoms with Gasteiger partial charge in [0, 0.05) is 24.0 Å². The van der Waals surface area contributed by atoms with Crippen LogP contribution in [-0.4, -0.2) is 51.8 Å². The fourth-order valence-corrected chi connectivity index (χ4v) is 4.80. The van der Waals surface area contributed by atoms with Gasteiger partial charge in [-0.3, -0.25) is 4.79 Å². The summed E-state index contributed by atoms with van der Waals surface area (Å²) in [5.41, 5.74) is 7.42. The largest absolute Gasteiger partial charge is 0.356 e. The average molecular weight is 434 g/mol. The number of amides is 1. The number of aromatic nitrogens is 3. The Morgan fingerprint density at radius 1 is 1.03 bits per heavy atom. The monoisotopic (exact) mass is 433 g/mol. The number of nitrogens with zero attached hydrogens (tertiary/aromatic N) is 4. The molecule has 3 heterocycles. The van der Waals surface area contributed by atoms with E-state index in [2.05, 4.69) is 48.3 Å². The smallest absolute Gasteiger partial charge is 0.220 e. The molecule has 4 rings (SSSR count). The number of nitrogens with one attached hydrogen (secondary N) is 1. The number of carbonyl (C=O) groups excluding carboxylic acids is 1. The molecule has 1 aromatic carbocycles. The summed E-state index contributed by atoms with van der Waals surface area (Å²) in [7, 11) is 0. The van der Waals surface area contributed by atoms with Gasteiger partial charge >= 0.3 is 0 Å². The van der Waals surface area contributed by atoms with Crippen molar-refractivity contribution in [2.45, 2.75) is 59.8 Å². The second-order valence-electron chi connectivity index (χ2n) is 9.08. The van der Waals surface area contributed by atoms with Crippen molar-refractivity contribution >= 4 is 16.9 Å². The van der Waals surface area contributed by atoms with Crippen LogP contribution in [0.5, 0.6) is 0 Å². The average Bonchev–Trinajstić information content (AvgIpc) is 3.39. The Morgan fingerprint density at radius 2 is 1.75 bits per heavy atom. The van der Waals surface area contributed by atoms with Gasteiger partial charge in [0.1, 0.15) is 0 Å². The molecule has 1 saturated heterocycles. The number of pyridine rings is 1. The third-order valence-corrected chi connectivity index (χ3v) is 6.63. The Hall–Kier alpha value is -2.73. The van der Waals surface area contributed by atoms with Crippen molar-refractivity contribution in [2.75, 3.05) is 26.2 Å². The molecular formula is C26H35N5O. The molecule has 1 fully saturated rings. The lowest BCUT2D eigenvalue weighted by molar-refractivity contribution is -0.121. The van der Waals surface area contributed by atoms with Gasteiger partial charge in [-0.05, 0) is 96.3 Å². The van der Waals surface area contributed by atoms with E-state index in [4.69, 9.17) is 10.1 Å². The third-order valence-electron chi connectivity index (χ3n) is 6.63. The zero-order chi connectivity index (χ0) is 22.7. The highest BCUT2D eigenvalue weighted by atomic mass is 16.1. The standard InChI is InChI=1S/C26H35N5O/c1-18-8-10-22(11-9-18)31-26-25(21(4)29-31)19(2)23(20(3)28-26)12-13-24(32)27-14-7-17-30-15-5-6-16-30/h8-11H,5-7,12-17H2,1-4H3,(H,27,32). The first-order valence-electron chi connectivity index (χ1n) is 11.9. The first-order chi connectivity index (χ1) is 15.4. The molecule has 6 nitrogen and oxygen atoms in total. The molecule has 32 heavy (non-hydrogen) atoms. The summed E-state index contributed by atoms with van der Waals surface area (Å²) in [6.07, 6.45) is 4.84. The minimum absolute atomic E-state index is 0.123. The molecule has 1 aliphatic heterocycles. The van der Waals surface area contributed by atoms with Crippen molar-refractivity contribution in [3.05, 3.63) is 52.3 Å². The summed E-state index contributed by atoms with van der Waals surface area (Å²) in [4.78, 5) is 19.8. The molecule has 1 amide bonds. The number of benzene rings is 1. The Kier molecular flexibility index (Phi) is 6.89. The number of likely N-dealkylation sites (tertiary alicyclic amines) is 1. The van der Waals surface area contributed by atoms with Crippen LogP contribution in [0.3, 0.4) is 0 Å². The number of rotatable bonds is 8. The number of fused-ring (bicyclic) bond motifs is 1. The van der Waals surface area contributed by atoms with Gasteiger partial charge in [0.05, 0.1) is 11.4 Å². The maximum atomic E-state index is 12.4. The molecule has 0 unspecified atom stereocenters.